The number of hydrogen-bond donors (Lipinski definition) is 0. The smallest absolute Gasteiger partial charge is 0.246 e. The molecule has 1 unspecified atom stereocenters. The van der Waals surface area contributed by atoms with Crippen LogP contribution in [0, 0.1) is 18.7 Å². The van der Waals surface area contributed by atoms with E-state index in [1.54, 1.807) is 24.3 Å². The number of anilines is 1. The van der Waals surface area contributed by atoms with Crippen molar-refractivity contribution >= 4 is 21.6 Å². The molecule has 0 bridgehead atoms. The molecular formula is C24H30FN3O4S. The maximum Gasteiger partial charge on any atom is 0.246 e. The van der Waals surface area contributed by atoms with Crippen molar-refractivity contribution in [3.05, 3.63) is 53.8 Å². The number of nitrogens with zero attached hydrogens (tertiary/aromatic N) is 3. The van der Waals surface area contributed by atoms with Gasteiger partial charge in [0.05, 0.1) is 13.0 Å². The van der Waals surface area contributed by atoms with Crippen molar-refractivity contribution in [2.24, 2.45) is 5.92 Å². The summed E-state index contributed by atoms with van der Waals surface area (Å²) in [6.45, 7) is 4.85. The van der Waals surface area contributed by atoms with Gasteiger partial charge in [0.25, 0.3) is 0 Å². The van der Waals surface area contributed by atoms with E-state index >= 15 is 0 Å². The van der Waals surface area contributed by atoms with Crippen molar-refractivity contribution in [1.82, 2.24) is 9.21 Å². The molecule has 2 aliphatic heterocycles. The zero-order chi connectivity index (χ0) is 23.6. The second-order valence-corrected chi connectivity index (χ2v) is 10.6. The van der Waals surface area contributed by atoms with E-state index < -0.39 is 10.0 Å². The molecule has 2 saturated heterocycles. The van der Waals surface area contributed by atoms with Crippen molar-refractivity contribution in [2.45, 2.75) is 24.7 Å². The van der Waals surface area contributed by atoms with Crippen LogP contribution < -0.4 is 9.64 Å². The summed E-state index contributed by atoms with van der Waals surface area (Å²) in [6, 6.07) is 11.5. The molecular weight excluding hydrogens is 445 g/mol. The minimum atomic E-state index is -3.77. The van der Waals surface area contributed by atoms with Crippen molar-refractivity contribution in [1.29, 1.82) is 0 Å². The summed E-state index contributed by atoms with van der Waals surface area (Å²) in [5, 5.41) is 0. The molecule has 178 valence electrons. The van der Waals surface area contributed by atoms with Crippen LogP contribution in [0.15, 0.2) is 47.4 Å². The van der Waals surface area contributed by atoms with Crippen molar-refractivity contribution in [2.75, 3.05) is 51.3 Å². The molecule has 1 amide bonds. The van der Waals surface area contributed by atoms with Gasteiger partial charge in [0.2, 0.25) is 15.9 Å². The normalized spacial score (nSPS) is 20.0. The van der Waals surface area contributed by atoms with Crippen LogP contribution in [0.2, 0.25) is 0 Å². The van der Waals surface area contributed by atoms with Crippen LogP contribution in [0.5, 0.6) is 5.75 Å². The molecule has 2 fully saturated rings. The van der Waals surface area contributed by atoms with Gasteiger partial charge in [-0.25, -0.2) is 12.8 Å². The van der Waals surface area contributed by atoms with Gasteiger partial charge in [-0.15, -0.1) is 0 Å². The fraction of sp³-hybridized carbons (Fsp3) is 0.458. The van der Waals surface area contributed by atoms with Crippen LogP contribution in [0.4, 0.5) is 10.1 Å². The van der Waals surface area contributed by atoms with Gasteiger partial charge in [-0.2, -0.15) is 4.31 Å². The first-order valence-electron chi connectivity index (χ1n) is 11.2. The van der Waals surface area contributed by atoms with E-state index in [1.165, 1.54) is 23.5 Å². The highest BCUT2D eigenvalue weighted by atomic mass is 32.2. The first-order valence-corrected chi connectivity index (χ1v) is 12.7. The minimum Gasteiger partial charge on any atom is -0.495 e. The van der Waals surface area contributed by atoms with Crippen LogP contribution in [-0.2, 0) is 14.8 Å². The second-order valence-electron chi connectivity index (χ2n) is 8.65. The van der Waals surface area contributed by atoms with Gasteiger partial charge < -0.3 is 14.5 Å². The van der Waals surface area contributed by atoms with Gasteiger partial charge in [0.1, 0.15) is 16.5 Å². The third-order valence-corrected chi connectivity index (χ3v) is 8.34. The average molecular weight is 476 g/mol. The molecule has 0 radical (unpaired) electrons. The van der Waals surface area contributed by atoms with Gasteiger partial charge in [0, 0.05) is 45.0 Å². The van der Waals surface area contributed by atoms with Gasteiger partial charge >= 0.3 is 0 Å². The third kappa shape index (κ3) is 4.99. The Labute approximate surface area is 194 Å². The summed E-state index contributed by atoms with van der Waals surface area (Å²) in [6.07, 6.45) is 1.31. The highest BCUT2D eigenvalue weighted by Gasteiger charge is 2.37. The van der Waals surface area contributed by atoms with E-state index in [1.807, 2.05) is 17.9 Å². The molecule has 0 aromatic heterocycles. The van der Waals surface area contributed by atoms with E-state index in [4.69, 9.17) is 4.74 Å². The van der Waals surface area contributed by atoms with Crippen LogP contribution in [0.1, 0.15) is 18.4 Å². The highest BCUT2D eigenvalue weighted by Crippen LogP contribution is 2.31. The Hall–Kier alpha value is -2.65. The largest absolute Gasteiger partial charge is 0.495 e. The van der Waals surface area contributed by atoms with Gasteiger partial charge in [-0.1, -0.05) is 6.07 Å². The molecule has 4 rings (SSSR count). The predicted octanol–water partition coefficient (Wildman–Crippen LogP) is 2.89. The summed E-state index contributed by atoms with van der Waals surface area (Å²) >= 11 is 0. The monoisotopic (exact) mass is 475 g/mol. The number of carbonyl (C=O) groups is 1. The lowest BCUT2D eigenvalue weighted by molar-refractivity contribution is -0.137. The number of hydrogen-bond acceptors (Lipinski definition) is 5. The van der Waals surface area contributed by atoms with Crippen LogP contribution in [0.25, 0.3) is 0 Å². The topological polar surface area (TPSA) is 70.2 Å². The number of benzene rings is 2. The van der Waals surface area contributed by atoms with Crippen LogP contribution in [-0.4, -0.2) is 69.9 Å². The molecule has 0 saturated carbocycles. The molecule has 33 heavy (non-hydrogen) atoms. The second kappa shape index (κ2) is 9.69. The van der Waals surface area contributed by atoms with Gasteiger partial charge in [-0.3, -0.25) is 4.79 Å². The van der Waals surface area contributed by atoms with Crippen molar-refractivity contribution < 1.29 is 22.3 Å². The average Bonchev–Trinajstić information content (AvgIpc) is 2.84. The van der Waals surface area contributed by atoms with Crippen molar-refractivity contribution in [3.63, 3.8) is 0 Å². The SMILES string of the molecule is COc1ccc(C)cc1S(=O)(=O)N1CCCC(C(=O)N2CCN(c3ccc(F)cc3)CC2)C1. The lowest BCUT2D eigenvalue weighted by atomic mass is 9.97. The zero-order valence-corrected chi connectivity index (χ0v) is 19.9. The first kappa shape index (κ1) is 23.5. The van der Waals surface area contributed by atoms with E-state index in [9.17, 15) is 17.6 Å². The minimum absolute atomic E-state index is 0.00450. The van der Waals surface area contributed by atoms with Crippen LogP contribution >= 0.6 is 0 Å². The number of piperidine rings is 1. The molecule has 2 aromatic rings. The van der Waals surface area contributed by atoms with E-state index in [-0.39, 0.29) is 29.1 Å². The summed E-state index contributed by atoms with van der Waals surface area (Å²) < 4.78 is 46.7. The van der Waals surface area contributed by atoms with Crippen LogP contribution in [0.3, 0.4) is 0 Å². The van der Waals surface area contributed by atoms with E-state index in [0.29, 0.717) is 51.3 Å². The maximum absolute atomic E-state index is 13.4. The molecule has 7 nitrogen and oxygen atoms in total. The van der Waals surface area contributed by atoms with Crippen molar-refractivity contribution in [3.8, 4) is 5.75 Å². The Morgan fingerprint density at radius 2 is 1.73 bits per heavy atom. The number of piperazine rings is 1. The van der Waals surface area contributed by atoms with E-state index in [2.05, 4.69) is 4.90 Å². The summed E-state index contributed by atoms with van der Waals surface area (Å²) in [7, 11) is -2.32. The predicted molar refractivity (Wildman–Crippen MR) is 124 cm³/mol. The molecule has 0 spiro atoms. The summed E-state index contributed by atoms with van der Waals surface area (Å²) in [5.41, 5.74) is 1.77. The number of rotatable bonds is 5. The molecule has 2 heterocycles. The lowest BCUT2D eigenvalue weighted by Gasteiger charge is -2.39. The lowest BCUT2D eigenvalue weighted by Crippen LogP contribution is -2.53. The summed E-state index contributed by atoms with van der Waals surface area (Å²) in [4.78, 5) is 17.3. The Morgan fingerprint density at radius 3 is 2.39 bits per heavy atom. The Kier molecular flexibility index (Phi) is 6.90. The van der Waals surface area contributed by atoms with E-state index in [0.717, 1.165) is 11.3 Å². The number of carbonyl (C=O) groups excluding carboxylic acids is 1. The van der Waals surface area contributed by atoms with Gasteiger partial charge in [-0.05, 0) is 61.7 Å². The number of amides is 1. The maximum atomic E-state index is 13.4. The summed E-state index contributed by atoms with van der Waals surface area (Å²) in [5.74, 6) is -0.315. The number of ether oxygens (including phenoxy) is 1. The first-order chi connectivity index (χ1) is 15.8. The molecule has 1 atom stereocenters. The molecule has 2 aromatic carbocycles. The fourth-order valence-corrected chi connectivity index (χ4v) is 6.35. The molecule has 0 N–H and O–H groups in total. The number of aryl methyl sites for hydroxylation is 1. The zero-order valence-electron chi connectivity index (χ0n) is 19.0. The Bertz CT molecular complexity index is 1100. The number of methoxy groups -OCH3 is 1. The Morgan fingerprint density at radius 1 is 1.03 bits per heavy atom. The fourth-order valence-electron chi connectivity index (χ4n) is 4.58. The standard InChI is InChI=1S/C24H30FN3O4S/c1-18-5-10-22(32-2)23(16-18)33(30,31)28-11-3-4-19(17-28)24(29)27-14-12-26(13-15-27)21-8-6-20(25)7-9-21/h5-10,16,19H,3-4,11-15,17H2,1-2H3. The van der Waals surface area contributed by atoms with Gasteiger partial charge in [0.15, 0.2) is 0 Å². The Balaban J connectivity index is 1.42. The third-order valence-electron chi connectivity index (χ3n) is 6.45. The number of halogens is 1. The molecule has 0 aliphatic carbocycles. The number of sulfonamides is 1. The molecule has 9 heteroatoms. The molecule has 2 aliphatic rings. The quantitative estimate of drug-likeness (QED) is 0.665. The highest BCUT2D eigenvalue weighted by molar-refractivity contribution is 7.89.